The molecule has 0 spiro atoms. The molecule has 7 heteroatoms. The monoisotopic (exact) mass is 269 g/mol. The third-order valence-electron chi connectivity index (χ3n) is 2.34. The van der Waals surface area contributed by atoms with Gasteiger partial charge in [0.1, 0.15) is 18.1 Å². The number of aliphatic carboxylic acids is 1. The van der Waals surface area contributed by atoms with Gasteiger partial charge in [-0.05, 0) is 18.2 Å². The first-order valence-electron chi connectivity index (χ1n) is 5.04. The third-order valence-corrected chi connectivity index (χ3v) is 2.65. The van der Waals surface area contributed by atoms with Gasteiger partial charge in [-0.3, -0.25) is 9.48 Å². The summed E-state index contributed by atoms with van der Waals surface area (Å²) < 4.78 is 14.7. The van der Waals surface area contributed by atoms with Crippen LogP contribution in [-0.4, -0.2) is 25.8 Å². The van der Waals surface area contributed by atoms with Crippen LogP contribution in [0.25, 0.3) is 11.4 Å². The third kappa shape index (κ3) is 2.48. The minimum absolute atomic E-state index is 0.0143. The van der Waals surface area contributed by atoms with Gasteiger partial charge in [0.05, 0.1) is 5.02 Å². The summed E-state index contributed by atoms with van der Waals surface area (Å²) in [5.41, 5.74) is 0.448. The second-order valence-electron chi connectivity index (χ2n) is 3.67. The summed E-state index contributed by atoms with van der Waals surface area (Å²) in [5, 5.41) is 12.7. The van der Waals surface area contributed by atoms with Crippen LogP contribution in [-0.2, 0) is 18.3 Å². The largest absolute Gasteiger partial charge is 0.481 e. The quantitative estimate of drug-likeness (QED) is 0.924. The highest BCUT2D eigenvalue weighted by Crippen LogP contribution is 2.22. The molecule has 0 radical (unpaired) electrons. The lowest BCUT2D eigenvalue weighted by Crippen LogP contribution is -2.06. The van der Waals surface area contributed by atoms with Crippen molar-refractivity contribution in [2.75, 3.05) is 0 Å². The maximum atomic E-state index is 13.3. The molecular formula is C11H9ClFN3O2. The molecule has 2 aromatic rings. The Balaban J connectivity index is 2.39. The summed E-state index contributed by atoms with van der Waals surface area (Å²) in [7, 11) is 1.58. The number of carbonyl (C=O) groups is 1. The van der Waals surface area contributed by atoms with E-state index in [1.165, 1.54) is 16.8 Å². The first-order valence-corrected chi connectivity index (χ1v) is 5.42. The Labute approximate surface area is 107 Å². The van der Waals surface area contributed by atoms with Crippen LogP contribution < -0.4 is 0 Å². The number of aryl methyl sites for hydroxylation is 1. The van der Waals surface area contributed by atoms with Crippen molar-refractivity contribution < 1.29 is 14.3 Å². The summed E-state index contributed by atoms with van der Waals surface area (Å²) in [6.07, 6.45) is -0.237. The standard InChI is InChI=1S/C11H9ClFN3O2/c1-16-9(5-10(17)18)14-11(15-16)6-2-3-7(12)8(13)4-6/h2-4H,5H2,1H3,(H,17,18). The van der Waals surface area contributed by atoms with E-state index >= 15 is 0 Å². The number of halogens is 2. The van der Waals surface area contributed by atoms with Crippen molar-refractivity contribution >= 4 is 17.6 Å². The van der Waals surface area contributed by atoms with Crippen LogP contribution in [0.4, 0.5) is 4.39 Å². The molecule has 0 aliphatic rings. The highest BCUT2D eigenvalue weighted by molar-refractivity contribution is 6.30. The van der Waals surface area contributed by atoms with Gasteiger partial charge >= 0.3 is 5.97 Å². The molecule has 0 bridgehead atoms. The molecule has 1 heterocycles. The first-order chi connectivity index (χ1) is 8.47. The van der Waals surface area contributed by atoms with Crippen molar-refractivity contribution in [1.82, 2.24) is 14.8 Å². The molecule has 18 heavy (non-hydrogen) atoms. The van der Waals surface area contributed by atoms with E-state index in [1.54, 1.807) is 13.1 Å². The Morgan fingerprint density at radius 2 is 2.28 bits per heavy atom. The van der Waals surface area contributed by atoms with E-state index in [0.717, 1.165) is 0 Å². The molecule has 2 rings (SSSR count). The van der Waals surface area contributed by atoms with Gasteiger partial charge in [-0.25, -0.2) is 9.37 Å². The van der Waals surface area contributed by atoms with Gasteiger partial charge in [-0.1, -0.05) is 11.6 Å². The second-order valence-corrected chi connectivity index (χ2v) is 4.08. The maximum absolute atomic E-state index is 13.3. The maximum Gasteiger partial charge on any atom is 0.311 e. The molecule has 0 saturated carbocycles. The molecular weight excluding hydrogens is 261 g/mol. The van der Waals surface area contributed by atoms with Gasteiger partial charge in [0, 0.05) is 12.6 Å². The minimum Gasteiger partial charge on any atom is -0.481 e. The van der Waals surface area contributed by atoms with E-state index in [4.69, 9.17) is 16.7 Å². The van der Waals surface area contributed by atoms with Crippen LogP contribution in [0.2, 0.25) is 5.02 Å². The highest BCUT2D eigenvalue weighted by Gasteiger charge is 2.13. The van der Waals surface area contributed by atoms with E-state index in [0.29, 0.717) is 11.4 Å². The molecule has 1 aromatic carbocycles. The minimum atomic E-state index is -1.00. The normalized spacial score (nSPS) is 10.6. The smallest absolute Gasteiger partial charge is 0.311 e. The topological polar surface area (TPSA) is 68.0 Å². The molecule has 0 saturated heterocycles. The van der Waals surface area contributed by atoms with Crippen molar-refractivity contribution in [2.24, 2.45) is 7.05 Å². The lowest BCUT2D eigenvalue weighted by molar-refractivity contribution is -0.136. The summed E-state index contributed by atoms with van der Waals surface area (Å²) in [6.45, 7) is 0. The fourth-order valence-electron chi connectivity index (χ4n) is 1.46. The number of hydrogen-bond donors (Lipinski definition) is 1. The van der Waals surface area contributed by atoms with Gasteiger partial charge in [-0.15, -0.1) is 0 Å². The number of hydrogen-bond acceptors (Lipinski definition) is 3. The van der Waals surface area contributed by atoms with E-state index in [2.05, 4.69) is 10.1 Å². The van der Waals surface area contributed by atoms with Crippen LogP contribution in [0.3, 0.4) is 0 Å². The zero-order valence-corrected chi connectivity index (χ0v) is 10.1. The first kappa shape index (κ1) is 12.5. The average Bonchev–Trinajstić information content (AvgIpc) is 2.63. The highest BCUT2D eigenvalue weighted by atomic mass is 35.5. The van der Waals surface area contributed by atoms with Crippen LogP contribution in [0.1, 0.15) is 5.82 Å². The molecule has 94 valence electrons. The summed E-state index contributed by atoms with van der Waals surface area (Å²) >= 11 is 5.57. The van der Waals surface area contributed by atoms with Gasteiger partial charge in [0.2, 0.25) is 0 Å². The average molecular weight is 270 g/mol. The Hall–Kier alpha value is -1.95. The van der Waals surface area contributed by atoms with E-state index in [9.17, 15) is 9.18 Å². The van der Waals surface area contributed by atoms with Crippen LogP contribution in [0.5, 0.6) is 0 Å². The van der Waals surface area contributed by atoms with Gasteiger partial charge in [-0.2, -0.15) is 5.10 Å². The molecule has 0 aliphatic heterocycles. The Kier molecular flexibility index (Phi) is 3.29. The Morgan fingerprint density at radius 1 is 1.56 bits per heavy atom. The number of benzene rings is 1. The van der Waals surface area contributed by atoms with Crippen molar-refractivity contribution in [2.45, 2.75) is 6.42 Å². The summed E-state index contributed by atoms with van der Waals surface area (Å²) in [6, 6.07) is 4.19. The zero-order chi connectivity index (χ0) is 13.3. The number of rotatable bonds is 3. The number of nitrogens with zero attached hydrogens (tertiary/aromatic N) is 3. The predicted molar refractivity (Wildman–Crippen MR) is 62.7 cm³/mol. The molecule has 0 amide bonds. The number of carboxylic acid groups (broad SMARTS) is 1. The second kappa shape index (κ2) is 4.73. The van der Waals surface area contributed by atoms with Gasteiger partial charge in [0.15, 0.2) is 5.82 Å². The molecule has 1 aromatic heterocycles. The van der Waals surface area contributed by atoms with Crippen LogP contribution >= 0.6 is 11.6 Å². The SMILES string of the molecule is Cn1nc(-c2ccc(Cl)c(F)c2)nc1CC(=O)O. The van der Waals surface area contributed by atoms with Crippen molar-refractivity contribution in [3.63, 3.8) is 0 Å². The fourth-order valence-corrected chi connectivity index (χ4v) is 1.58. The molecule has 5 nitrogen and oxygen atoms in total. The molecule has 0 unspecified atom stereocenters. The van der Waals surface area contributed by atoms with Crippen molar-refractivity contribution in [3.05, 3.63) is 34.9 Å². The molecule has 1 N–H and O–H groups in total. The summed E-state index contributed by atoms with van der Waals surface area (Å²) in [5.74, 6) is -1.00. The van der Waals surface area contributed by atoms with Crippen molar-refractivity contribution in [3.8, 4) is 11.4 Å². The molecule has 0 aliphatic carbocycles. The summed E-state index contributed by atoms with van der Waals surface area (Å²) in [4.78, 5) is 14.7. The van der Waals surface area contributed by atoms with Crippen LogP contribution in [0.15, 0.2) is 18.2 Å². The van der Waals surface area contributed by atoms with Crippen LogP contribution in [0, 0.1) is 5.82 Å². The lowest BCUT2D eigenvalue weighted by atomic mass is 10.2. The number of carboxylic acids is 1. The molecule has 0 atom stereocenters. The van der Waals surface area contributed by atoms with Gasteiger partial charge in [0.25, 0.3) is 0 Å². The lowest BCUT2D eigenvalue weighted by Gasteiger charge is -1.96. The van der Waals surface area contributed by atoms with E-state index in [-0.39, 0.29) is 17.3 Å². The predicted octanol–water partition coefficient (Wildman–Crippen LogP) is 1.90. The Bertz CT molecular complexity index is 612. The number of aromatic nitrogens is 3. The fraction of sp³-hybridized carbons (Fsp3) is 0.182. The zero-order valence-electron chi connectivity index (χ0n) is 9.39. The Morgan fingerprint density at radius 3 is 2.89 bits per heavy atom. The van der Waals surface area contributed by atoms with Crippen molar-refractivity contribution in [1.29, 1.82) is 0 Å². The van der Waals surface area contributed by atoms with E-state index < -0.39 is 11.8 Å². The van der Waals surface area contributed by atoms with Gasteiger partial charge < -0.3 is 5.11 Å². The molecule has 0 fully saturated rings. The van der Waals surface area contributed by atoms with E-state index in [1.807, 2.05) is 0 Å².